The van der Waals surface area contributed by atoms with E-state index in [0.717, 1.165) is 21.0 Å². The van der Waals surface area contributed by atoms with Crippen molar-refractivity contribution in [1.29, 1.82) is 0 Å². The van der Waals surface area contributed by atoms with E-state index in [1.165, 1.54) is 11.3 Å². The summed E-state index contributed by atoms with van der Waals surface area (Å²) in [6.07, 6.45) is -4.53. The number of amides is 2. The number of nitrogens with zero attached hydrogens (tertiary/aromatic N) is 3. The van der Waals surface area contributed by atoms with Crippen molar-refractivity contribution in [3.8, 4) is 0 Å². The average molecular weight is 445 g/mol. The Labute approximate surface area is 178 Å². The molecule has 2 aliphatic rings. The third-order valence-corrected chi connectivity index (χ3v) is 6.57. The van der Waals surface area contributed by atoms with Crippen LogP contribution in [0.25, 0.3) is 5.70 Å². The van der Waals surface area contributed by atoms with Crippen molar-refractivity contribution in [3.63, 3.8) is 0 Å². The largest absolute Gasteiger partial charge is 0.390 e. The van der Waals surface area contributed by atoms with Crippen molar-refractivity contribution in [2.24, 2.45) is 0 Å². The van der Waals surface area contributed by atoms with Crippen LogP contribution in [0, 0.1) is 0 Å². The summed E-state index contributed by atoms with van der Waals surface area (Å²) in [4.78, 5) is 18.2. The van der Waals surface area contributed by atoms with Crippen LogP contribution in [-0.2, 0) is 17.7 Å². The molecular formula is C20H27F3N4O2S. The molecule has 0 radical (unpaired) electrons. The average Bonchev–Trinajstić information content (AvgIpc) is 3.24. The first-order valence-electron chi connectivity index (χ1n) is 9.84. The van der Waals surface area contributed by atoms with Crippen LogP contribution in [0.15, 0.2) is 19.0 Å². The lowest BCUT2D eigenvalue weighted by Gasteiger charge is -2.41. The molecule has 0 aliphatic carbocycles. The maximum atomic E-state index is 13.0. The summed E-state index contributed by atoms with van der Waals surface area (Å²) in [5, 5.41) is 3.50. The number of anilines is 1. The Hall–Kier alpha value is -2.20. The molecule has 0 saturated carbocycles. The maximum Gasteiger partial charge on any atom is 0.390 e. The van der Waals surface area contributed by atoms with E-state index in [9.17, 15) is 18.0 Å². The van der Waals surface area contributed by atoms with E-state index in [-0.39, 0.29) is 12.6 Å². The first-order valence-corrected chi connectivity index (χ1v) is 10.7. The number of hydrogen-bond donors (Lipinski definition) is 1. The van der Waals surface area contributed by atoms with Gasteiger partial charge in [-0.3, -0.25) is 0 Å². The molecule has 6 nitrogen and oxygen atoms in total. The minimum Gasteiger partial charge on any atom is -0.383 e. The van der Waals surface area contributed by atoms with Crippen molar-refractivity contribution in [1.82, 2.24) is 15.1 Å². The molecule has 3 rings (SSSR count). The van der Waals surface area contributed by atoms with Gasteiger partial charge >= 0.3 is 12.2 Å². The Morgan fingerprint density at radius 1 is 1.23 bits per heavy atom. The fourth-order valence-electron chi connectivity index (χ4n) is 3.79. The van der Waals surface area contributed by atoms with Crippen LogP contribution in [0.2, 0.25) is 0 Å². The Bertz CT molecular complexity index is 837. The molecule has 0 aromatic carbocycles. The molecule has 1 saturated heterocycles. The molecule has 3 heterocycles. The first-order chi connectivity index (χ1) is 14.2. The molecule has 1 aromatic heterocycles. The molecule has 30 heavy (non-hydrogen) atoms. The van der Waals surface area contributed by atoms with E-state index in [0.29, 0.717) is 50.7 Å². The highest BCUT2D eigenvalue weighted by molar-refractivity contribution is 7.16. The summed E-state index contributed by atoms with van der Waals surface area (Å²) in [6, 6.07) is -0.123. The molecule has 0 unspecified atom stereocenters. The van der Waals surface area contributed by atoms with E-state index in [4.69, 9.17) is 4.74 Å². The van der Waals surface area contributed by atoms with Crippen molar-refractivity contribution >= 4 is 28.1 Å². The number of ether oxygens (including phenoxy) is 1. The number of urea groups is 1. The molecule has 166 valence electrons. The van der Waals surface area contributed by atoms with Gasteiger partial charge < -0.3 is 24.8 Å². The molecule has 0 atom stereocenters. The summed E-state index contributed by atoms with van der Waals surface area (Å²) in [5.41, 5.74) is 2.58. The summed E-state index contributed by atoms with van der Waals surface area (Å²) < 4.78 is 44.2. The molecule has 10 heteroatoms. The number of thiophene rings is 1. The Balaban J connectivity index is 2.01. The monoisotopic (exact) mass is 444 g/mol. The van der Waals surface area contributed by atoms with Crippen LogP contribution in [0.4, 0.5) is 23.0 Å². The number of carbonyl (C=O) groups is 1. The maximum absolute atomic E-state index is 13.0. The van der Waals surface area contributed by atoms with E-state index in [1.807, 2.05) is 11.8 Å². The zero-order valence-electron chi connectivity index (χ0n) is 17.3. The first kappa shape index (κ1) is 22.5. The van der Waals surface area contributed by atoms with Gasteiger partial charge in [0.15, 0.2) is 0 Å². The quantitative estimate of drug-likeness (QED) is 0.659. The van der Waals surface area contributed by atoms with Gasteiger partial charge in [0, 0.05) is 49.4 Å². The summed E-state index contributed by atoms with van der Waals surface area (Å²) in [5.74, 6) is 0.461. The third kappa shape index (κ3) is 4.44. The lowest BCUT2D eigenvalue weighted by molar-refractivity contribution is -0.132. The zero-order valence-corrected chi connectivity index (χ0v) is 18.1. The fourth-order valence-corrected chi connectivity index (χ4v) is 5.27. The number of carbonyl (C=O) groups excluding carboxylic acids is 1. The van der Waals surface area contributed by atoms with Gasteiger partial charge in [0.25, 0.3) is 0 Å². The Morgan fingerprint density at radius 2 is 1.97 bits per heavy atom. The van der Waals surface area contributed by atoms with Gasteiger partial charge in [-0.15, -0.1) is 11.3 Å². The lowest BCUT2D eigenvalue weighted by Crippen LogP contribution is -2.40. The van der Waals surface area contributed by atoms with E-state index in [2.05, 4.69) is 18.5 Å². The number of nitrogens with one attached hydrogen (secondary N) is 1. The van der Waals surface area contributed by atoms with Crippen LogP contribution < -0.4 is 10.2 Å². The van der Waals surface area contributed by atoms with Crippen LogP contribution in [-0.4, -0.2) is 61.9 Å². The minimum atomic E-state index is -4.27. The van der Waals surface area contributed by atoms with Gasteiger partial charge in [-0.25, -0.2) is 4.79 Å². The molecule has 1 aromatic rings. The third-order valence-electron chi connectivity index (χ3n) is 5.33. The van der Waals surface area contributed by atoms with Crippen LogP contribution in [0.5, 0.6) is 0 Å². The Kier molecular flexibility index (Phi) is 6.66. The number of halogens is 3. The van der Waals surface area contributed by atoms with Crippen molar-refractivity contribution in [2.75, 3.05) is 44.8 Å². The standard InChI is InChI=1S/C20H27F3N4O2S/c1-5-15-16(12-25-9-7-24-19(25)28)30-18-17(15)13(2)26(10-11-29-4)14(3)27(18)8-6-20(21,22)23/h2-3,5-12H2,1,4H3,(H,24,28). The summed E-state index contributed by atoms with van der Waals surface area (Å²) in [7, 11) is 1.57. The summed E-state index contributed by atoms with van der Waals surface area (Å²) >= 11 is 1.42. The van der Waals surface area contributed by atoms with E-state index in [1.54, 1.807) is 16.9 Å². The fraction of sp³-hybridized carbons (Fsp3) is 0.550. The summed E-state index contributed by atoms with van der Waals surface area (Å²) in [6.45, 7) is 12.5. The molecule has 0 spiro atoms. The highest BCUT2D eigenvalue weighted by Crippen LogP contribution is 2.48. The van der Waals surface area contributed by atoms with Gasteiger partial charge in [-0.05, 0) is 12.0 Å². The molecular weight excluding hydrogens is 417 g/mol. The van der Waals surface area contributed by atoms with Crippen molar-refractivity contribution in [3.05, 3.63) is 35.0 Å². The number of hydrogen-bond acceptors (Lipinski definition) is 5. The zero-order chi connectivity index (χ0) is 22.1. The number of fused-ring (bicyclic) bond motifs is 1. The number of alkyl halides is 3. The lowest BCUT2D eigenvalue weighted by atomic mass is 10.0. The van der Waals surface area contributed by atoms with Crippen LogP contribution in [0.3, 0.4) is 0 Å². The number of rotatable bonds is 8. The molecule has 1 fully saturated rings. The Morgan fingerprint density at radius 3 is 2.53 bits per heavy atom. The highest BCUT2D eigenvalue weighted by atomic mass is 32.1. The van der Waals surface area contributed by atoms with Gasteiger partial charge in [0.2, 0.25) is 0 Å². The van der Waals surface area contributed by atoms with Crippen molar-refractivity contribution in [2.45, 2.75) is 32.5 Å². The number of methoxy groups -OCH3 is 1. The van der Waals surface area contributed by atoms with Crippen molar-refractivity contribution < 1.29 is 22.7 Å². The molecule has 1 N–H and O–H groups in total. The molecule has 2 aliphatic heterocycles. The molecule has 0 bridgehead atoms. The van der Waals surface area contributed by atoms with E-state index < -0.39 is 12.6 Å². The normalized spacial score (nSPS) is 17.1. The SMILES string of the molecule is C=C1c2c(sc(CN3CCNC3=O)c2CC)N(CCC(F)(F)F)C(=C)N1CCOC. The second-order valence-corrected chi connectivity index (χ2v) is 8.30. The smallest absolute Gasteiger partial charge is 0.383 e. The van der Waals surface area contributed by atoms with E-state index >= 15 is 0 Å². The highest BCUT2D eigenvalue weighted by Gasteiger charge is 2.37. The van der Waals surface area contributed by atoms with Gasteiger partial charge in [-0.1, -0.05) is 20.1 Å². The predicted molar refractivity (Wildman–Crippen MR) is 112 cm³/mol. The van der Waals surface area contributed by atoms with Gasteiger partial charge in [0.1, 0.15) is 10.8 Å². The predicted octanol–water partition coefficient (Wildman–Crippen LogP) is 4.00. The van der Waals surface area contributed by atoms with Gasteiger partial charge in [0.05, 0.1) is 19.6 Å². The topological polar surface area (TPSA) is 48.1 Å². The second kappa shape index (κ2) is 8.89. The minimum absolute atomic E-state index is 0.123. The van der Waals surface area contributed by atoms with Crippen LogP contribution >= 0.6 is 11.3 Å². The van der Waals surface area contributed by atoms with Gasteiger partial charge in [-0.2, -0.15) is 13.2 Å². The molecule has 2 amide bonds. The van der Waals surface area contributed by atoms with Crippen LogP contribution in [0.1, 0.15) is 29.3 Å². The second-order valence-electron chi connectivity index (χ2n) is 7.22.